The van der Waals surface area contributed by atoms with Gasteiger partial charge in [0, 0.05) is 33.6 Å². The smallest absolute Gasteiger partial charge is 0.0665 e. The highest BCUT2D eigenvalue weighted by Crippen LogP contribution is 2.45. The Morgan fingerprint density at radius 1 is 1.19 bits per heavy atom. The molecule has 1 aliphatic carbocycles. The van der Waals surface area contributed by atoms with Gasteiger partial charge < -0.3 is 10.1 Å². The second kappa shape index (κ2) is 5.62. The number of benzene rings is 2. The molecule has 0 radical (unpaired) electrons. The molecule has 1 aliphatic rings. The van der Waals surface area contributed by atoms with E-state index in [9.17, 15) is 0 Å². The summed E-state index contributed by atoms with van der Waals surface area (Å²) in [7, 11) is 0. The molecule has 2 aromatic carbocycles. The van der Waals surface area contributed by atoms with Gasteiger partial charge >= 0.3 is 0 Å². The summed E-state index contributed by atoms with van der Waals surface area (Å²) >= 11 is 3.63. The number of anilines is 1. The molecule has 1 N–H and O–H groups in total. The van der Waals surface area contributed by atoms with Crippen molar-refractivity contribution in [2.45, 2.75) is 39.3 Å². The van der Waals surface area contributed by atoms with E-state index in [1.165, 1.54) is 16.5 Å². The second-order valence-corrected chi connectivity index (χ2v) is 7.19. The van der Waals surface area contributed by atoms with Crippen LogP contribution in [0.15, 0.2) is 40.9 Å². The van der Waals surface area contributed by atoms with Crippen LogP contribution in [0.3, 0.4) is 0 Å². The average molecular weight is 348 g/mol. The molecule has 0 amide bonds. The number of hydrogen-bond donors (Lipinski definition) is 1. The highest BCUT2D eigenvalue weighted by Gasteiger charge is 2.48. The fraction of sp³-hybridized carbons (Fsp3) is 0.444. The van der Waals surface area contributed by atoms with E-state index in [2.05, 4.69) is 78.4 Å². The van der Waals surface area contributed by atoms with Gasteiger partial charge in [0.15, 0.2) is 0 Å². The van der Waals surface area contributed by atoms with Gasteiger partial charge in [0.1, 0.15) is 0 Å². The van der Waals surface area contributed by atoms with Crippen LogP contribution >= 0.6 is 15.9 Å². The molecule has 0 bridgehead atoms. The number of halogens is 1. The van der Waals surface area contributed by atoms with Crippen molar-refractivity contribution in [1.29, 1.82) is 0 Å². The van der Waals surface area contributed by atoms with E-state index in [1.807, 2.05) is 0 Å². The average Bonchev–Trinajstić information content (AvgIpc) is 2.49. The summed E-state index contributed by atoms with van der Waals surface area (Å²) in [4.78, 5) is 0. The molecule has 112 valence electrons. The fourth-order valence-corrected chi connectivity index (χ4v) is 3.67. The van der Waals surface area contributed by atoms with Crippen molar-refractivity contribution in [3.63, 3.8) is 0 Å². The Bertz CT molecular complexity index is 653. The zero-order valence-electron chi connectivity index (χ0n) is 12.8. The van der Waals surface area contributed by atoms with Crippen molar-refractivity contribution >= 4 is 32.4 Å². The van der Waals surface area contributed by atoms with E-state index < -0.39 is 0 Å². The van der Waals surface area contributed by atoms with Crippen molar-refractivity contribution in [2.24, 2.45) is 5.41 Å². The van der Waals surface area contributed by atoms with Gasteiger partial charge in [0.2, 0.25) is 0 Å². The summed E-state index contributed by atoms with van der Waals surface area (Å²) in [6, 6.07) is 13.2. The van der Waals surface area contributed by atoms with Gasteiger partial charge in [-0.3, -0.25) is 0 Å². The van der Waals surface area contributed by atoms with Crippen LogP contribution in [0.5, 0.6) is 0 Å². The van der Waals surface area contributed by atoms with Gasteiger partial charge in [-0.25, -0.2) is 0 Å². The molecule has 0 heterocycles. The molecule has 1 saturated carbocycles. The summed E-state index contributed by atoms with van der Waals surface area (Å²) in [6.45, 7) is 7.44. The first-order chi connectivity index (χ1) is 10.0. The minimum atomic E-state index is 0.171. The van der Waals surface area contributed by atoms with E-state index in [4.69, 9.17) is 4.74 Å². The Labute approximate surface area is 135 Å². The molecule has 2 unspecified atom stereocenters. The highest BCUT2D eigenvalue weighted by atomic mass is 79.9. The van der Waals surface area contributed by atoms with Crippen LogP contribution in [0, 0.1) is 5.41 Å². The molecule has 3 heteroatoms. The maximum atomic E-state index is 5.82. The molecule has 2 aromatic rings. The zero-order valence-corrected chi connectivity index (χ0v) is 14.4. The molecular weight excluding hydrogens is 326 g/mol. The number of nitrogens with one attached hydrogen (secondary N) is 1. The van der Waals surface area contributed by atoms with Crippen LogP contribution in [-0.2, 0) is 4.74 Å². The SMILES string of the molecule is CCOC1CC(Nc2ccc(Br)c3ccccc23)C1(C)C. The van der Waals surface area contributed by atoms with Gasteiger partial charge in [0.25, 0.3) is 0 Å². The number of ether oxygens (including phenoxy) is 1. The van der Waals surface area contributed by atoms with Crippen molar-refractivity contribution in [3.8, 4) is 0 Å². The van der Waals surface area contributed by atoms with E-state index >= 15 is 0 Å². The quantitative estimate of drug-likeness (QED) is 0.818. The Hall–Kier alpha value is -1.06. The first-order valence-corrected chi connectivity index (χ1v) is 8.38. The third-order valence-corrected chi connectivity index (χ3v) is 5.44. The summed E-state index contributed by atoms with van der Waals surface area (Å²) in [5.74, 6) is 0. The number of fused-ring (bicyclic) bond motifs is 1. The van der Waals surface area contributed by atoms with E-state index in [1.54, 1.807) is 0 Å². The summed E-state index contributed by atoms with van der Waals surface area (Å²) in [6.07, 6.45) is 1.44. The van der Waals surface area contributed by atoms with E-state index in [0.29, 0.717) is 12.1 Å². The minimum Gasteiger partial charge on any atom is -0.381 e. The zero-order chi connectivity index (χ0) is 15.0. The fourth-order valence-electron chi connectivity index (χ4n) is 3.19. The van der Waals surface area contributed by atoms with Crippen molar-refractivity contribution in [3.05, 3.63) is 40.9 Å². The molecule has 1 fully saturated rings. The lowest BCUT2D eigenvalue weighted by Gasteiger charge is -2.52. The monoisotopic (exact) mass is 347 g/mol. The molecule has 0 aliphatic heterocycles. The predicted molar refractivity (Wildman–Crippen MR) is 92.9 cm³/mol. The van der Waals surface area contributed by atoms with Gasteiger partial charge in [-0.1, -0.05) is 54.0 Å². The number of rotatable bonds is 4. The maximum absolute atomic E-state index is 5.82. The third-order valence-electron chi connectivity index (χ3n) is 4.75. The second-order valence-electron chi connectivity index (χ2n) is 6.34. The molecule has 0 aromatic heterocycles. The Morgan fingerprint density at radius 3 is 2.57 bits per heavy atom. The Morgan fingerprint density at radius 2 is 1.90 bits per heavy atom. The molecule has 3 rings (SSSR count). The van der Waals surface area contributed by atoms with E-state index in [0.717, 1.165) is 17.5 Å². The minimum absolute atomic E-state index is 0.171. The van der Waals surface area contributed by atoms with Gasteiger partial charge in [-0.15, -0.1) is 0 Å². The first kappa shape index (κ1) is 14.9. The largest absolute Gasteiger partial charge is 0.381 e. The predicted octanol–water partition coefficient (Wildman–Crippen LogP) is 5.22. The molecular formula is C18H22BrNO. The molecule has 21 heavy (non-hydrogen) atoms. The molecule has 2 atom stereocenters. The van der Waals surface area contributed by atoms with Gasteiger partial charge in [-0.2, -0.15) is 0 Å². The van der Waals surface area contributed by atoms with Crippen LogP contribution in [0.2, 0.25) is 0 Å². The molecule has 0 saturated heterocycles. The topological polar surface area (TPSA) is 21.3 Å². The standard InChI is InChI=1S/C18H22BrNO/c1-4-21-17-11-16(18(17,2)3)20-15-10-9-14(19)12-7-5-6-8-13(12)15/h5-10,16-17,20H,4,11H2,1-3H3. The van der Waals surface area contributed by atoms with Gasteiger partial charge in [-0.05, 0) is 30.9 Å². The van der Waals surface area contributed by atoms with Crippen LogP contribution < -0.4 is 5.32 Å². The Kier molecular flexibility index (Phi) is 3.98. The number of hydrogen-bond acceptors (Lipinski definition) is 2. The highest BCUT2D eigenvalue weighted by molar-refractivity contribution is 9.10. The van der Waals surface area contributed by atoms with Crippen LogP contribution in [0.4, 0.5) is 5.69 Å². The van der Waals surface area contributed by atoms with Crippen LogP contribution in [-0.4, -0.2) is 18.8 Å². The summed E-state index contributed by atoms with van der Waals surface area (Å²) < 4.78 is 6.96. The maximum Gasteiger partial charge on any atom is 0.0665 e. The molecule has 2 nitrogen and oxygen atoms in total. The summed E-state index contributed by atoms with van der Waals surface area (Å²) in [5, 5.41) is 6.24. The van der Waals surface area contributed by atoms with Crippen molar-refractivity contribution < 1.29 is 4.74 Å². The van der Waals surface area contributed by atoms with Crippen LogP contribution in [0.25, 0.3) is 10.8 Å². The van der Waals surface area contributed by atoms with E-state index in [-0.39, 0.29) is 5.41 Å². The normalized spacial score (nSPS) is 23.8. The van der Waals surface area contributed by atoms with Crippen molar-refractivity contribution in [1.82, 2.24) is 0 Å². The lowest BCUT2D eigenvalue weighted by atomic mass is 9.64. The lowest BCUT2D eigenvalue weighted by Crippen LogP contribution is -2.58. The van der Waals surface area contributed by atoms with Crippen molar-refractivity contribution in [2.75, 3.05) is 11.9 Å². The van der Waals surface area contributed by atoms with Gasteiger partial charge in [0.05, 0.1) is 6.10 Å². The summed E-state index contributed by atoms with van der Waals surface area (Å²) in [5.41, 5.74) is 1.38. The molecule has 0 spiro atoms. The Balaban J connectivity index is 1.85. The lowest BCUT2D eigenvalue weighted by molar-refractivity contribution is -0.0975. The third kappa shape index (κ3) is 2.58. The first-order valence-electron chi connectivity index (χ1n) is 7.59. The van der Waals surface area contributed by atoms with Crippen LogP contribution in [0.1, 0.15) is 27.2 Å².